The fourth-order valence-electron chi connectivity index (χ4n) is 1.62. The number of hydrogen-bond acceptors (Lipinski definition) is 4. The smallest absolute Gasteiger partial charge is 0.115 e. The Bertz CT molecular complexity index is 259. The Morgan fingerprint density at radius 1 is 1.19 bits per heavy atom. The second-order valence-corrected chi connectivity index (χ2v) is 3.80. The monoisotopic (exact) mass is 222 g/mol. The van der Waals surface area contributed by atoms with Gasteiger partial charge in [0.15, 0.2) is 0 Å². The summed E-state index contributed by atoms with van der Waals surface area (Å²) in [6, 6.07) is 0. The molecule has 1 N–H and O–H groups in total. The van der Waals surface area contributed by atoms with Crippen molar-refractivity contribution in [1.82, 2.24) is 20.2 Å². The summed E-state index contributed by atoms with van der Waals surface area (Å²) in [6.45, 7) is 9.78. The summed E-state index contributed by atoms with van der Waals surface area (Å²) in [6.07, 6.45) is 6.45. The van der Waals surface area contributed by atoms with Crippen LogP contribution in [0.3, 0.4) is 0 Å². The molecule has 0 amide bonds. The third-order valence-electron chi connectivity index (χ3n) is 2.67. The van der Waals surface area contributed by atoms with E-state index in [4.69, 9.17) is 0 Å². The Balaban J connectivity index is 2.04. The lowest BCUT2D eigenvalue weighted by molar-refractivity contribution is 0.298. The Morgan fingerprint density at radius 2 is 1.88 bits per heavy atom. The maximum absolute atomic E-state index is 3.98. The van der Waals surface area contributed by atoms with Gasteiger partial charge in [0.05, 0.1) is 0 Å². The summed E-state index contributed by atoms with van der Waals surface area (Å²) >= 11 is 0. The average Bonchev–Trinajstić information content (AvgIpc) is 2.35. The van der Waals surface area contributed by atoms with Gasteiger partial charge in [-0.1, -0.05) is 13.8 Å². The molecule has 0 aliphatic heterocycles. The van der Waals surface area contributed by atoms with Crippen LogP contribution in [0, 0.1) is 0 Å². The lowest BCUT2D eigenvalue weighted by Crippen LogP contribution is -2.27. The van der Waals surface area contributed by atoms with Crippen LogP contribution in [0.5, 0.6) is 0 Å². The van der Waals surface area contributed by atoms with Crippen LogP contribution in [-0.2, 0) is 6.54 Å². The molecule has 0 saturated carbocycles. The highest BCUT2D eigenvalue weighted by Crippen LogP contribution is 1.93. The predicted molar refractivity (Wildman–Crippen MR) is 66.1 cm³/mol. The van der Waals surface area contributed by atoms with E-state index in [1.54, 1.807) is 6.33 Å². The summed E-state index contributed by atoms with van der Waals surface area (Å²) in [4.78, 5) is 10.4. The first-order chi connectivity index (χ1) is 7.86. The quantitative estimate of drug-likeness (QED) is 0.673. The number of hydrogen-bond donors (Lipinski definition) is 1. The minimum Gasteiger partial charge on any atom is -0.313 e. The van der Waals surface area contributed by atoms with E-state index in [2.05, 4.69) is 34.0 Å². The van der Waals surface area contributed by atoms with Crippen LogP contribution in [0.25, 0.3) is 0 Å². The maximum atomic E-state index is 3.98. The van der Waals surface area contributed by atoms with Crippen molar-refractivity contribution in [3.63, 3.8) is 0 Å². The van der Waals surface area contributed by atoms with Crippen molar-refractivity contribution in [1.29, 1.82) is 0 Å². The highest BCUT2D eigenvalue weighted by molar-refractivity contribution is 5.01. The first kappa shape index (κ1) is 13.1. The lowest BCUT2D eigenvalue weighted by Gasteiger charge is -2.17. The van der Waals surface area contributed by atoms with Gasteiger partial charge in [-0.15, -0.1) is 0 Å². The molecule has 0 aromatic carbocycles. The summed E-state index contributed by atoms with van der Waals surface area (Å²) < 4.78 is 0. The van der Waals surface area contributed by atoms with Crippen LogP contribution in [0.4, 0.5) is 0 Å². The van der Waals surface area contributed by atoms with Crippen LogP contribution < -0.4 is 5.32 Å². The third-order valence-corrected chi connectivity index (χ3v) is 2.67. The molecule has 0 aliphatic carbocycles. The molecule has 0 fully saturated rings. The van der Waals surface area contributed by atoms with Crippen molar-refractivity contribution in [3.05, 3.63) is 24.3 Å². The zero-order valence-electron chi connectivity index (χ0n) is 10.3. The molecule has 16 heavy (non-hydrogen) atoms. The van der Waals surface area contributed by atoms with Crippen LogP contribution >= 0.6 is 0 Å². The molecule has 0 radical (unpaired) electrons. The Hall–Kier alpha value is -1.00. The molecule has 0 aliphatic rings. The van der Waals surface area contributed by atoms with Crippen molar-refractivity contribution < 1.29 is 0 Å². The largest absolute Gasteiger partial charge is 0.313 e. The molecule has 1 aromatic heterocycles. The summed E-state index contributed by atoms with van der Waals surface area (Å²) in [5, 5.41) is 3.40. The van der Waals surface area contributed by atoms with Crippen LogP contribution in [0.2, 0.25) is 0 Å². The topological polar surface area (TPSA) is 41.0 Å². The Kier molecular flexibility index (Phi) is 6.69. The van der Waals surface area contributed by atoms with E-state index >= 15 is 0 Å². The minimum atomic E-state index is 0.860. The number of aromatic nitrogens is 2. The second-order valence-electron chi connectivity index (χ2n) is 3.80. The fraction of sp³-hybridized carbons (Fsp3) is 0.667. The molecule has 90 valence electrons. The van der Waals surface area contributed by atoms with Gasteiger partial charge in [0, 0.05) is 24.5 Å². The molecule has 1 aromatic rings. The zero-order chi connectivity index (χ0) is 11.6. The van der Waals surface area contributed by atoms with Gasteiger partial charge in [-0.05, 0) is 32.6 Å². The highest BCUT2D eigenvalue weighted by Gasteiger charge is 1.97. The number of rotatable bonds is 8. The molecule has 0 spiro atoms. The van der Waals surface area contributed by atoms with Crippen LogP contribution in [0.15, 0.2) is 18.7 Å². The predicted octanol–water partition coefficient (Wildman–Crippen LogP) is 1.30. The van der Waals surface area contributed by atoms with Crippen LogP contribution in [-0.4, -0.2) is 41.0 Å². The molecule has 0 unspecified atom stereocenters. The first-order valence-electron chi connectivity index (χ1n) is 6.03. The third kappa shape index (κ3) is 5.19. The zero-order valence-corrected chi connectivity index (χ0v) is 10.3. The van der Waals surface area contributed by atoms with E-state index in [1.807, 2.05) is 12.4 Å². The van der Waals surface area contributed by atoms with Gasteiger partial charge in [-0.2, -0.15) is 0 Å². The van der Waals surface area contributed by atoms with Crippen molar-refractivity contribution in [2.24, 2.45) is 0 Å². The van der Waals surface area contributed by atoms with Gasteiger partial charge in [-0.3, -0.25) is 0 Å². The van der Waals surface area contributed by atoms with Gasteiger partial charge in [0.2, 0.25) is 0 Å². The van der Waals surface area contributed by atoms with E-state index in [0.717, 1.165) is 31.7 Å². The number of nitrogens with one attached hydrogen (secondary N) is 1. The van der Waals surface area contributed by atoms with E-state index < -0.39 is 0 Å². The molecular weight excluding hydrogens is 200 g/mol. The first-order valence-corrected chi connectivity index (χ1v) is 6.03. The molecule has 0 atom stereocenters. The van der Waals surface area contributed by atoms with Gasteiger partial charge in [0.25, 0.3) is 0 Å². The lowest BCUT2D eigenvalue weighted by atomic mass is 10.3. The van der Waals surface area contributed by atoms with Crippen molar-refractivity contribution >= 4 is 0 Å². The molecule has 0 saturated heterocycles. The summed E-state index contributed by atoms with van der Waals surface area (Å²) in [5.41, 5.74) is 1.14. The van der Waals surface area contributed by atoms with E-state index in [0.29, 0.717) is 0 Å². The molecule has 4 heteroatoms. The molecule has 4 nitrogen and oxygen atoms in total. The standard InChI is InChI=1S/C12H22N4/c1-3-16(4-2)7-5-6-13-8-12-9-14-11-15-10-12/h9-11,13H,3-8H2,1-2H3. The van der Waals surface area contributed by atoms with E-state index in [9.17, 15) is 0 Å². The fourth-order valence-corrected chi connectivity index (χ4v) is 1.62. The molecule has 1 rings (SSSR count). The second kappa shape index (κ2) is 8.19. The van der Waals surface area contributed by atoms with Gasteiger partial charge >= 0.3 is 0 Å². The normalized spacial score (nSPS) is 10.9. The summed E-state index contributed by atoms with van der Waals surface area (Å²) in [5.74, 6) is 0. The average molecular weight is 222 g/mol. The van der Waals surface area contributed by atoms with Crippen molar-refractivity contribution in [2.45, 2.75) is 26.8 Å². The summed E-state index contributed by atoms with van der Waals surface area (Å²) in [7, 11) is 0. The maximum Gasteiger partial charge on any atom is 0.115 e. The van der Waals surface area contributed by atoms with Gasteiger partial charge in [0.1, 0.15) is 6.33 Å². The van der Waals surface area contributed by atoms with Crippen molar-refractivity contribution in [3.8, 4) is 0 Å². The Morgan fingerprint density at radius 3 is 2.50 bits per heavy atom. The van der Waals surface area contributed by atoms with E-state index in [-0.39, 0.29) is 0 Å². The SMILES string of the molecule is CCN(CC)CCCNCc1cncnc1. The molecule has 1 heterocycles. The van der Waals surface area contributed by atoms with Crippen LogP contribution in [0.1, 0.15) is 25.8 Å². The van der Waals surface area contributed by atoms with Crippen molar-refractivity contribution in [2.75, 3.05) is 26.2 Å². The van der Waals surface area contributed by atoms with E-state index in [1.165, 1.54) is 13.0 Å². The van der Waals surface area contributed by atoms with Gasteiger partial charge < -0.3 is 10.2 Å². The molecular formula is C12H22N4. The minimum absolute atomic E-state index is 0.860. The number of nitrogens with zero attached hydrogens (tertiary/aromatic N) is 3. The van der Waals surface area contributed by atoms with Gasteiger partial charge in [-0.25, -0.2) is 9.97 Å². The highest BCUT2D eigenvalue weighted by atomic mass is 15.1. The molecule has 0 bridgehead atoms. The Labute approximate surface area is 98.1 Å².